The van der Waals surface area contributed by atoms with E-state index >= 15 is 0 Å². The molecule has 0 unspecified atom stereocenters. The van der Waals surface area contributed by atoms with E-state index in [1.165, 1.54) is 30.6 Å². The van der Waals surface area contributed by atoms with Gasteiger partial charge < -0.3 is 15.7 Å². The summed E-state index contributed by atoms with van der Waals surface area (Å²) in [5, 5.41) is 26.3. The molecule has 0 saturated heterocycles. The number of aromatic carboxylic acids is 1. The number of carboxylic acid groups (broad SMARTS) is 1. The molecule has 10 heteroatoms. The van der Waals surface area contributed by atoms with Crippen LogP contribution >= 0.6 is 15.9 Å². The van der Waals surface area contributed by atoms with Gasteiger partial charge in [-0.05, 0) is 52.3 Å². The molecule has 27 heavy (non-hydrogen) atoms. The van der Waals surface area contributed by atoms with Crippen LogP contribution in [-0.4, -0.2) is 26.0 Å². The summed E-state index contributed by atoms with van der Waals surface area (Å²) in [6, 6.07) is 12.9. The minimum absolute atomic E-state index is 0.0200. The third-order valence-electron chi connectivity index (χ3n) is 3.53. The number of aromatic nitrogens is 2. The van der Waals surface area contributed by atoms with E-state index in [0.29, 0.717) is 11.4 Å². The summed E-state index contributed by atoms with van der Waals surface area (Å²) in [7, 11) is 0. The quantitative estimate of drug-likeness (QED) is 0.389. The molecule has 3 N–H and O–H groups in total. The number of carbonyl (C=O) groups is 1. The Hall–Kier alpha value is -3.53. The van der Waals surface area contributed by atoms with Crippen molar-refractivity contribution in [3.63, 3.8) is 0 Å². The zero-order valence-electron chi connectivity index (χ0n) is 13.6. The normalized spacial score (nSPS) is 10.3. The summed E-state index contributed by atoms with van der Waals surface area (Å²) in [6.45, 7) is 0. The van der Waals surface area contributed by atoms with Gasteiger partial charge in [-0.15, -0.1) is 0 Å². The predicted octanol–water partition coefficient (Wildman–Crippen LogP) is 4.33. The number of hydrogen-bond acceptors (Lipinski definition) is 7. The van der Waals surface area contributed by atoms with Crippen LogP contribution in [0.2, 0.25) is 0 Å². The Kier molecular flexibility index (Phi) is 5.27. The molecule has 0 bridgehead atoms. The largest absolute Gasteiger partial charge is 0.478 e. The lowest BCUT2D eigenvalue weighted by molar-refractivity contribution is -0.383. The van der Waals surface area contributed by atoms with Crippen molar-refractivity contribution in [2.75, 3.05) is 10.6 Å². The van der Waals surface area contributed by atoms with Crippen molar-refractivity contribution in [1.82, 2.24) is 9.97 Å². The molecule has 9 nitrogen and oxygen atoms in total. The average Bonchev–Trinajstić information content (AvgIpc) is 2.64. The molecule has 0 aliphatic rings. The third-order valence-corrected chi connectivity index (χ3v) is 4.22. The van der Waals surface area contributed by atoms with E-state index in [9.17, 15) is 14.9 Å². The van der Waals surface area contributed by atoms with Gasteiger partial charge in [-0.3, -0.25) is 10.1 Å². The molecular weight excluding hydrogens is 418 g/mol. The molecule has 0 aliphatic carbocycles. The van der Waals surface area contributed by atoms with Crippen LogP contribution in [0.5, 0.6) is 0 Å². The molecule has 3 rings (SSSR count). The van der Waals surface area contributed by atoms with Gasteiger partial charge in [0.15, 0.2) is 0 Å². The first-order valence-electron chi connectivity index (χ1n) is 7.57. The fourth-order valence-electron chi connectivity index (χ4n) is 2.26. The van der Waals surface area contributed by atoms with Crippen molar-refractivity contribution in [1.29, 1.82) is 0 Å². The fourth-order valence-corrected chi connectivity index (χ4v) is 2.64. The van der Waals surface area contributed by atoms with E-state index in [2.05, 4.69) is 36.5 Å². The maximum Gasteiger partial charge on any atom is 0.353 e. The number of nitrogens with one attached hydrogen (secondary N) is 2. The second-order valence-electron chi connectivity index (χ2n) is 5.29. The summed E-state index contributed by atoms with van der Waals surface area (Å²) < 4.78 is 0.719. The molecule has 0 atom stereocenters. The minimum atomic E-state index is -1.06. The Morgan fingerprint density at radius 3 is 2.26 bits per heavy atom. The van der Waals surface area contributed by atoms with E-state index in [-0.39, 0.29) is 22.9 Å². The lowest BCUT2D eigenvalue weighted by atomic mass is 10.2. The standard InChI is InChI=1S/C17H12BrN5O4/c18-12-3-1-2-4-13(12)22-16-14(23(26)27)15(19-9-20-16)21-11-7-5-10(6-8-11)17(24)25/h1-9H,(H,24,25)(H2,19,20,21,22). The highest BCUT2D eigenvalue weighted by molar-refractivity contribution is 9.10. The summed E-state index contributed by atoms with van der Waals surface area (Å²) in [6.07, 6.45) is 1.19. The number of anilines is 4. The van der Waals surface area contributed by atoms with Gasteiger partial charge in [-0.1, -0.05) is 12.1 Å². The average molecular weight is 430 g/mol. The van der Waals surface area contributed by atoms with Crippen molar-refractivity contribution in [3.8, 4) is 0 Å². The summed E-state index contributed by atoms with van der Waals surface area (Å²) >= 11 is 3.37. The van der Waals surface area contributed by atoms with Crippen LogP contribution in [-0.2, 0) is 0 Å². The van der Waals surface area contributed by atoms with Gasteiger partial charge in [0, 0.05) is 10.2 Å². The second-order valence-corrected chi connectivity index (χ2v) is 6.14. The lowest BCUT2D eigenvalue weighted by Gasteiger charge is -2.11. The zero-order chi connectivity index (χ0) is 19.4. The smallest absolute Gasteiger partial charge is 0.353 e. The highest BCUT2D eigenvalue weighted by Crippen LogP contribution is 2.34. The van der Waals surface area contributed by atoms with Gasteiger partial charge in [0.25, 0.3) is 0 Å². The first-order valence-corrected chi connectivity index (χ1v) is 8.36. The van der Waals surface area contributed by atoms with Crippen molar-refractivity contribution in [2.45, 2.75) is 0 Å². The molecule has 1 heterocycles. The van der Waals surface area contributed by atoms with E-state index in [1.807, 2.05) is 6.07 Å². The van der Waals surface area contributed by atoms with E-state index in [0.717, 1.165) is 4.47 Å². The Labute approximate surface area is 161 Å². The van der Waals surface area contributed by atoms with Crippen LogP contribution in [0.1, 0.15) is 10.4 Å². The molecule has 0 amide bonds. The predicted molar refractivity (Wildman–Crippen MR) is 103 cm³/mol. The Morgan fingerprint density at radius 1 is 1.04 bits per heavy atom. The minimum Gasteiger partial charge on any atom is -0.478 e. The van der Waals surface area contributed by atoms with E-state index in [1.54, 1.807) is 18.2 Å². The van der Waals surface area contributed by atoms with Gasteiger partial charge in [0.1, 0.15) is 6.33 Å². The van der Waals surface area contributed by atoms with Crippen molar-refractivity contribution in [3.05, 3.63) is 75.0 Å². The number of para-hydroxylation sites is 1. The molecular formula is C17H12BrN5O4. The van der Waals surface area contributed by atoms with Gasteiger partial charge in [0.2, 0.25) is 11.6 Å². The summed E-state index contributed by atoms with van der Waals surface area (Å²) in [4.78, 5) is 29.9. The number of hydrogen-bond donors (Lipinski definition) is 3. The number of benzene rings is 2. The molecule has 3 aromatic rings. The monoisotopic (exact) mass is 429 g/mol. The summed E-state index contributed by atoms with van der Waals surface area (Å²) in [5.74, 6) is -1.06. The van der Waals surface area contributed by atoms with Crippen molar-refractivity contribution >= 4 is 50.6 Å². The molecule has 0 aliphatic heterocycles. The van der Waals surface area contributed by atoms with Gasteiger partial charge >= 0.3 is 11.7 Å². The molecule has 0 saturated carbocycles. The number of nitrogens with zero attached hydrogens (tertiary/aromatic N) is 3. The highest BCUT2D eigenvalue weighted by Gasteiger charge is 2.23. The number of rotatable bonds is 6. The highest BCUT2D eigenvalue weighted by atomic mass is 79.9. The Morgan fingerprint density at radius 2 is 1.67 bits per heavy atom. The molecule has 0 fully saturated rings. The SMILES string of the molecule is O=C(O)c1ccc(Nc2ncnc(Nc3ccccc3Br)c2[N+](=O)[O-])cc1. The van der Waals surface area contributed by atoms with Crippen LogP contribution in [0, 0.1) is 10.1 Å². The maximum atomic E-state index is 11.6. The number of nitro groups is 1. The van der Waals surface area contributed by atoms with E-state index in [4.69, 9.17) is 5.11 Å². The van der Waals surface area contributed by atoms with E-state index < -0.39 is 10.9 Å². The first kappa shape index (κ1) is 18.3. The topological polar surface area (TPSA) is 130 Å². The second kappa shape index (κ2) is 7.79. The van der Waals surface area contributed by atoms with Gasteiger partial charge in [0.05, 0.1) is 16.2 Å². The van der Waals surface area contributed by atoms with Crippen LogP contribution in [0.3, 0.4) is 0 Å². The van der Waals surface area contributed by atoms with Gasteiger partial charge in [-0.25, -0.2) is 14.8 Å². The van der Waals surface area contributed by atoms with Crippen molar-refractivity contribution < 1.29 is 14.8 Å². The lowest BCUT2D eigenvalue weighted by Crippen LogP contribution is -2.06. The zero-order valence-corrected chi connectivity index (χ0v) is 15.2. The summed E-state index contributed by atoms with van der Waals surface area (Å²) in [5.41, 5.74) is 0.828. The molecule has 136 valence electrons. The number of carboxylic acids is 1. The van der Waals surface area contributed by atoms with Crippen LogP contribution in [0.15, 0.2) is 59.3 Å². The van der Waals surface area contributed by atoms with Crippen molar-refractivity contribution in [2.24, 2.45) is 0 Å². The number of halogens is 1. The molecule has 0 radical (unpaired) electrons. The Balaban J connectivity index is 1.95. The van der Waals surface area contributed by atoms with Crippen LogP contribution in [0.25, 0.3) is 0 Å². The van der Waals surface area contributed by atoms with Gasteiger partial charge in [-0.2, -0.15) is 0 Å². The Bertz CT molecular complexity index is 1010. The molecule has 2 aromatic carbocycles. The first-order chi connectivity index (χ1) is 13.0. The molecule has 0 spiro atoms. The maximum absolute atomic E-state index is 11.6. The van der Waals surface area contributed by atoms with Crippen LogP contribution < -0.4 is 10.6 Å². The molecule has 1 aromatic heterocycles. The van der Waals surface area contributed by atoms with Crippen LogP contribution in [0.4, 0.5) is 28.7 Å². The fraction of sp³-hybridized carbons (Fsp3) is 0. The third kappa shape index (κ3) is 4.18.